The van der Waals surface area contributed by atoms with Crippen molar-refractivity contribution in [3.63, 3.8) is 0 Å². The number of hydrogen-bond acceptors (Lipinski definition) is 8. The molecule has 4 saturated carbocycles. The SMILES string of the molecule is C[N@+]1(CC2CC2)CC[C@]23c4c5ccc(O)c4O[C@H]2C(=O)C(C2(O)CC[C@@]4(O)[C@H]6Cc7ccc(O)c8c7[C@@]4(CC[N@+]6(C)CC4CC4)[C@H]2O8)C[C@@]3(O)[C@H]1C5. The van der Waals surface area contributed by atoms with Gasteiger partial charge in [-0.1, -0.05) is 12.1 Å². The van der Waals surface area contributed by atoms with Crippen LogP contribution in [0.3, 0.4) is 0 Å². The van der Waals surface area contributed by atoms with Crippen molar-refractivity contribution in [3.8, 4) is 23.0 Å². The lowest BCUT2D eigenvalue weighted by molar-refractivity contribution is -0.951. The van der Waals surface area contributed by atoms with Crippen LogP contribution >= 0.6 is 0 Å². The molecule has 2 spiro atoms. The Morgan fingerprint density at radius 2 is 1.25 bits per heavy atom. The van der Waals surface area contributed by atoms with Gasteiger partial charge in [0, 0.05) is 48.6 Å². The zero-order valence-corrected chi connectivity index (χ0v) is 30.3. The summed E-state index contributed by atoms with van der Waals surface area (Å²) >= 11 is 0. The number of likely N-dealkylation sites (tertiary alicyclic amines) is 2. The second-order valence-electron chi connectivity index (χ2n) is 19.9. The molecule has 2 unspecified atom stereocenters. The Hall–Kier alpha value is -2.89. The number of carbonyl (C=O) groups is 1. The molecule has 10 heteroatoms. The number of likely N-dealkylation sites (N-methyl/N-ethyl adjacent to an activating group) is 2. The van der Waals surface area contributed by atoms with E-state index in [9.17, 15) is 25.5 Å². The molecule has 6 aliphatic carbocycles. The summed E-state index contributed by atoms with van der Waals surface area (Å²) in [5.41, 5.74) is -2.71. The summed E-state index contributed by atoms with van der Waals surface area (Å²) < 4.78 is 15.0. The van der Waals surface area contributed by atoms with Crippen molar-refractivity contribution >= 4 is 5.78 Å². The maximum atomic E-state index is 15.4. The van der Waals surface area contributed by atoms with Gasteiger partial charge in [0.2, 0.25) is 0 Å². The average molecular weight is 713 g/mol. The fourth-order valence-electron chi connectivity index (χ4n) is 15.0. The number of piperidine rings is 2. The first-order valence-corrected chi connectivity index (χ1v) is 20.2. The number of phenols is 2. The molecule has 12 rings (SSSR count). The number of aromatic hydroxyl groups is 2. The molecule has 4 heterocycles. The summed E-state index contributed by atoms with van der Waals surface area (Å²) in [4.78, 5) is 15.4. The maximum Gasteiger partial charge on any atom is 0.180 e. The Bertz CT molecular complexity index is 2010. The van der Waals surface area contributed by atoms with Gasteiger partial charge in [-0.25, -0.2) is 0 Å². The van der Waals surface area contributed by atoms with Gasteiger partial charge in [-0.2, -0.15) is 0 Å². The molecule has 0 radical (unpaired) electrons. The quantitative estimate of drug-likeness (QED) is 0.299. The largest absolute Gasteiger partial charge is 0.504 e. The number of nitrogens with zero attached hydrogens (tertiary/aromatic N) is 2. The van der Waals surface area contributed by atoms with Gasteiger partial charge in [-0.3, -0.25) is 4.79 Å². The van der Waals surface area contributed by atoms with Gasteiger partial charge in [0.05, 0.1) is 57.0 Å². The molecular formula is C42H52N2O8+2. The molecule has 2 aromatic carbocycles. The summed E-state index contributed by atoms with van der Waals surface area (Å²) in [6.07, 6.45) is 5.68. The van der Waals surface area contributed by atoms with E-state index in [2.05, 4.69) is 14.1 Å². The number of ether oxygens (including phenoxy) is 2. The van der Waals surface area contributed by atoms with E-state index >= 15 is 4.79 Å². The lowest BCUT2D eigenvalue weighted by Gasteiger charge is -2.69. The van der Waals surface area contributed by atoms with Crippen LogP contribution < -0.4 is 9.47 Å². The van der Waals surface area contributed by atoms with Gasteiger partial charge in [0.25, 0.3) is 0 Å². The zero-order chi connectivity index (χ0) is 35.6. The van der Waals surface area contributed by atoms with E-state index in [0.29, 0.717) is 59.9 Å². The zero-order valence-electron chi connectivity index (χ0n) is 30.3. The average Bonchev–Trinajstić information content (AvgIpc) is 4.03. The molecule has 10 nitrogen and oxygen atoms in total. The van der Waals surface area contributed by atoms with Crippen LogP contribution in [0, 0.1) is 17.8 Å². The summed E-state index contributed by atoms with van der Waals surface area (Å²) in [5.74, 6) is 0.609. The van der Waals surface area contributed by atoms with Gasteiger partial charge >= 0.3 is 0 Å². The van der Waals surface area contributed by atoms with Crippen molar-refractivity contribution in [3.05, 3.63) is 46.5 Å². The second kappa shape index (κ2) is 9.14. The number of ketones is 1. The first-order chi connectivity index (χ1) is 24.7. The van der Waals surface area contributed by atoms with Gasteiger partial charge in [0.1, 0.15) is 35.0 Å². The predicted octanol–water partition coefficient (Wildman–Crippen LogP) is 2.74. The fourth-order valence-corrected chi connectivity index (χ4v) is 15.0. The normalized spacial score (nSPS) is 49.9. The van der Waals surface area contributed by atoms with Gasteiger partial charge in [0.15, 0.2) is 34.9 Å². The second-order valence-corrected chi connectivity index (χ2v) is 19.9. The summed E-state index contributed by atoms with van der Waals surface area (Å²) in [6.45, 7) is 3.60. The summed E-state index contributed by atoms with van der Waals surface area (Å²) in [6, 6.07) is 6.94. The van der Waals surface area contributed by atoms with Crippen LogP contribution in [-0.2, 0) is 28.5 Å². The van der Waals surface area contributed by atoms with Gasteiger partial charge < -0.3 is 44.0 Å². The van der Waals surface area contributed by atoms with Crippen LogP contribution in [0.15, 0.2) is 24.3 Å². The molecule has 10 aliphatic rings. The molecule has 5 N–H and O–H groups in total. The Morgan fingerprint density at radius 1 is 0.712 bits per heavy atom. The minimum atomic E-state index is -1.75. The van der Waals surface area contributed by atoms with Crippen molar-refractivity contribution < 1.29 is 48.8 Å². The molecule has 4 bridgehead atoms. The van der Waals surface area contributed by atoms with Crippen molar-refractivity contribution in [2.24, 2.45) is 17.8 Å². The number of Topliss-reactive ketones (excluding diaryl/α,β-unsaturated/α-hetero) is 1. The van der Waals surface area contributed by atoms with E-state index < -0.39 is 45.8 Å². The van der Waals surface area contributed by atoms with Crippen molar-refractivity contribution in [2.75, 3.05) is 40.3 Å². The van der Waals surface area contributed by atoms with Crippen molar-refractivity contribution in [2.45, 2.75) is 123 Å². The molecule has 276 valence electrons. The highest BCUT2D eigenvalue weighted by Gasteiger charge is 2.84. The highest BCUT2D eigenvalue weighted by molar-refractivity contribution is 5.93. The Labute approximate surface area is 304 Å². The van der Waals surface area contributed by atoms with E-state index in [0.717, 1.165) is 52.9 Å². The maximum absolute atomic E-state index is 15.4. The molecule has 2 saturated heterocycles. The number of hydrogen-bond donors (Lipinski definition) is 5. The standard InChI is InChI=1S/C42H50N2O8/c1-43(20-22-3-4-22)16-14-39-32-25-8-10-28(46)35(32)52-37(39)40(48,11-12-41(39,49)29(43)17-25)26-19-42(50)30-18-24-7-9-27(45)34-31(24)38(42,36(51-34)33(26)47)13-15-44(30,2)21-23-5-6-23/h7-10,22-23,26,29-30,36-37,48-50H,3-6,11-21H2,1-2H3/p+2/t26?,29-,30-,36+,37-,38+,39+,40?,41-,42-,43-,44-/m1/s1. The number of aliphatic hydroxyl groups is 3. The van der Waals surface area contributed by atoms with Gasteiger partial charge in [-0.05, 0) is 68.2 Å². The molecule has 0 amide bonds. The number of benzene rings is 2. The Kier molecular flexibility index (Phi) is 5.53. The van der Waals surface area contributed by atoms with E-state index in [1.807, 2.05) is 12.1 Å². The monoisotopic (exact) mass is 712 g/mol. The van der Waals surface area contributed by atoms with E-state index in [1.165, 1.54) is 25.7 Å². The van der Waals surface area contributed by atoms with Crippen LogP contribution in [-0.4, -0.2) is 122 Å². The third kappa shape index (κ3) is 3.27. The lowest BCUT2D eigenvalue weighted by atomic mass is 9.41. The van der Waals surface area contributed by atoms with Crippen molar-refractivity contribution in [1.29, 1.82) is 0 Å². The molecule has 0 aromatic heterocycles. The first kappa shape index (κ1) is 31.5. The topological polar surface area (TPSA) is 137 Å². The van der Waals surface area contributed by atoms with Crippen molar-refractivity contribution in [1.82, 2.24) is 0 Å². The van der Waals surface area contributed by atoms with Crippen LogP contribution in [0.5, 0.6) is 23.0 Å². The molecule has 52 heavy (non-hydrogen) atoms. The minimum absolute atomic E-state index is 0.00781. The molecule has 4 aliphatic heterocycles. The van der Waals surface area contributed by atoms with E-state index in [4.69, 9.17) is 9.47 Å². The summed E-state index contributed by atoms with van der Waals surface area (Å²) in [5, 5.41) is 63.1. The molecule has 6 fully saturated rings. The van der Waals surface area contributed by atoms with E-state index in [-0.39, 0.29) is 42.2 Å². The molecular weight excluding hydrogens is 660 g/mol. The lowest BCUT2D eigenvalue weighted by Crippen LogP contribution is -2.85. The van der Waals surface area contributed by atoms with Gasteiger partial charge in [-0.15, -0.1) is 0 Å². The van der Waals surface area contributed by atoms with Crippen LogP contribution in [0.25, 0.3) is 0 Å². The van der Waals surface area contributed by atoms with Crippen LogP contribution in [0.2, 0.25) is 0 Å². The first-order valence-electron chi connectivity index (χ1n) is 20.2. The highest BCUT2D eigenvalue weighted by Crippen LogP contribution is 2.72. The third-order valence-corrected chi connectivity index (χ3v) is 17.5. The third-order valence-electron chi connectivity index (χ3n) is 17.5. The van der Waals surface area contributed by atoms with Crippen LogP contribution in [0.1, 0.15) is 80.0 Å². The Morgan fingerprint density at radius 3 is 1.85 bits per heavy atom. The molecule has 12 atom stereocenters. The highest BCUT2D eigenvalue weighted by atomic mass is 16.5. The molecule has 2 aromatic rings. The Balaban J connectivity index is 1.02. The number of carbonyl (C=O) groups excluding carboxylic acids is 1. The smallest absolute Gasteiger partial charge is 0.180 e. The number of phenolic OH excluding ortho intramolecular Hbond substituents is 2. The van der Waals surface area contributed by atoms with E-state index in [1.54, 1.807) is 12.1 Å². The minimum Gasteiger partial charge on any atom is -0.504 e. The number of quaternary nitrogens is 2. The predicted molar refractivity (Wildman–Crippen MR) is 187 cm³/mol. The number of rotatable bonds is 5. The van der Waals surface area contributed by atoms with Crippen LogP contribution in [0.4, 0.5) is 0 Å². The summed E-state index contributed by atoms with van der Waals surface area (Å²) in [7, 11) is 4.57. The fraction of sp³-hybridized carbons (Fsp3) is 0.690.